The van der Waals surface area contributed by atoms with E-state index in [2.05, 4.69) is 10.6 Å². The summed E-state index contributed by atoms with van der Waals surface area (Å²) in [5, 5.41) is 19.3. The number of nitrogens with zero attached hydrogens (tertiary/aromatic N) is 1. The molecule has 0 radical (unpaired) electrons. The number of nitro groups is 1. The van der Waals surface area contributed by atoms with E-state index in [1.54, 1.807) is 24.3 Å². The fraction of sp³-hybridized carbons (Fsp3) is 0.174. The lowest BCUT2D eigenvalue weighted by Gasteiger charge is -2.29. The minimum atomic E-state index is -1.26. The maximum Gasteiger partial charge on any atom is 0.250 e. The van der Waals surface area contributed by atoms with E-state index < -0.39 is 23.5 Å². The van der Waals surface area contributed by atoms with E-state index in [0.717, 1.165) is 11.1 Å². The topological polar surface area (TPSA) is 84.3 Å². The predicted molar refractivity (Wildman–Crippen MR) is 114 cm³/mol. The number of anilines is 1. The lowest BCUT2D eigenvalue weighted by molar-refractivity contribution is -0.527. The molecule has 150 valence electrons. The second-order valence-electron chi connectivity index (χ2n) is 7.65. The Labute approximate surface area is 178 Å². The van der Waals surface area contributed by atoms with Gasteiger partial charge in [0, 0.05) is 21.2 Å². The van der Waals surface area contributed by atoms with Gasteiger partial charge in [-0.15, -0.1) is 0 Å². The van der Waals surface area contributed by atoms with Crippen molar-refractivity contribution in [3.63, 3.8) is 0 Å². The molecule has 2 N–H and O–H groups in total. The molecule has 1 fully saturated rings. The van der Waals surface area contributed by atoms with Crippen molar-refractivity contribution < 1.29 is 9.72 Å². The van der Waals surface area contributed by atoms with Crippen LogP contribution in [0.4, 0.5) is 5.69 Å². The van der Waals surface area contributed by atoms with Crippen LogP contribution in [0.25, 0.3) is 0 Å². The number of carbonyl (C=O) groups excluding carboxylic acids is 1. The smallest absolute Gasteiger partial charge is 0.250 e. The van der Waals surface area contributed by atoms with Gasteiger partial charge in [0.15, 0.2) is 0 Å². The van der Waals surface area contributed by atoms with Crippen LogP contribution in [-0.2, 0) is 10.3 Å². The quantitative estimate of drug-likeness (QED) is 0.490. The molecule has 3 aromatic rings. The Hall–Kier alpha value is -3.22. The fourth-order valence-corrected chi connectivity index (χ4v) is 5.03. The highest BCUT2D eigenvalue weighted by Crippen LogP contribution is 2.55. The Morgan fingerprint density at radius 1 is 0.900 bits per heavy atom. The van der Waals surface area contributed by atoms with E-state index >= 15 is 0 Å². The number of halogens is 1. The molecule has 6 nitrogen and oxygen atoms in total. The van der Waals surface area contributed by atoms with E-state index in [-0.39, 0.29) is 10.8 Å². The van der Waals surface area contributed by atoms with Gasteiger partial charge < -0.3 is 5.32 Å². The SMILES string of the molecule is O=C1Nc2ccccc2C12NC(c1ccccc1)C([N+](=O)[O-])C2c1ccc(Cl)cc1. The summed E-state index contributed by atoms with van der Waals surface area (Å²) in [6, 6.07) is 21.9. The second-order valence-corrected chi connectivity index (χ2v) is 8.08. The Morgan fingerprint density at radius 2 is 1.57 bits per heavy atom. The third-order valence-corrected chi connectivity index (χ3v) is 6.37. The van der Waals surface area contributed by atoms with Crippen LogP contribution >= 0.6 is 11.6 Å². The standard InChI is InChI=1S/C23H18ClN3O3/c24-16-12-10-14(11-13-16)19-21(27(29)30)20(15-6-2-1-3-7-15)26-23(19)17-8-4-5-9-18(17)25-22(23)28/h1-13,19-21,26H,(H,25,28). The van der Waals surface area contributed by atoms with Gasteiger partial charge in [-0.1, -0.05) is 72.3 Å². The Bertz CT molecular complexity index is 1140. The summed E-state index contributed by atoms with van der Waals surface area (Å²) in [4.78, 5) is 25.6. The van der Waals surface area contributed by atoms with Crippen molar-refractivity contribution in [2.45, 2.75) is 23.5 Å². The summed E-state index contributed by atoms with van der Waals surface area (Å²) < 4.78 is 0. The van der Waals surface area contributed by atoms with Gasteiger partial charge in [-0.3, -0.25) is 20.2 Å². The van der Waals surface area contributed by atoms with Crippen LogP contribution in [0.3, 0.4) is 0 Å². The zero-order valence-electron chi connectivity index (χ0n) is 15.8. The Kier molecular flexibility index (Phi) is 4.34. The van der Waals surface area contributed by atoms with Gasteiger partial charge in [0.2, 0.25) is 11.9 Å². The number of fused-ring (bicyclic) bond motifs is 2. The van der Waals surface area contributed by atoms with Gasteiger partial charge in [0.1, 0.15) is 11.6 Å². The number of benzene rings is 3. The van der Waals surface area contributed by atoms with Crippen molar-refractivity contribution in [3.8, 4) is 0 Å². The number of hydrogen-bond donors (Lipinski definition) is 2. The zero-order chi connectivity index (χ0) is 20.9. The number of carbonyl (C=O) groups is 1. The van der Waals surface area contributed by atoms with Crippen LogP contribution in [-0.4, -0.2) is 16.9 Å². The number of para-hydroxylation sites is 1. The molecule has 4 unspecified atom stereocenters. The summed E-state index contributed by atoms with van der Waals surface area (Å²) in [6.07, 6.45) is 0. The molecule has 7 heteroatoms. The van der Waals surface area contributed by atoms with Gasteiger partial charge in [0.25, 0.3) is 0 Å². The maximum atomic E-state index is 13.4. The molecule has 1 saturated heterocycles. The molecule has 3 aromatic carbocycles. The molecule has 30 heavy (non-hydrogen) atoms. The number of nitrogens with one attached hydrogen (secondary N) is 2. The number of rotatable bonds is 3. The van der Waals surface area contributed by atoms with Crippen molar-refractivity contribution in [1.29, 1.82) is 0 Å². The summed E-state index contributed by atoms with van der Waals surface area (Å²) in [7, 11) is 0. The minimum absolute atomic E-state index is 0.271. The van der Waals surface area contributed by atoms with Gasteiger partial charge in [-0.25, -0.2) is 0 Å². The van der Waals surface area contributed by atoms with Crippen LogP contribution in [0.15, 0.2) is 78.9 Å². The summed E-state index contributed by atoms with van der Waals surface area (Å²) in [5.74, 6) is -1.01. The van der Waals surface area contributed by atoms with E-state index in [9.17, 15) is 14.9 Å². The molecular weight excluding hydrogens is 402 g/mol. The number of amides is 1. The lowest BCUT2D eigenvalue weighted by atomic mass is 9.74. The maximum absolute atomic E-state index is 13.4. The highest BCUT2D eigenvalue weighted by atomic mass is 35.5. The average molecular weight is 420 g/mol. The molecule has 1 amide bonds. The third kappa shape index (κ3) is 2.65. The molecule has 0 saturated carbocycles. The molecule has 2 aliphatic heterocycles. The second kappa shape index (κ2) is 6.93. The Morgan fingerprint density at radius 3 is 2.27 bits per heavy atom. The monoisotopic (exact) mass is 419 g/mol. The van der Waals surface area contributed by atoms with Crippen molar-refractivity contribution in [2.75, 3.05) is 5.32 Å². The van der Waals surface area contributed by atoms with Crippen LogP contribution in [0, 0.1) is 10.1 Å². The van der Waals surface area contributed by atoms with Crippen LogP contribution in [0.1, 0.15) is 28.7 Å². The zero-order valence-corrected chi connectivity index (χ0v) is 16.5. The van der Waals surface area contributed by atoms with Crippen LogP contribution in [0.5, 0.6) is 0 Å². The minimum Gasteiger partial charge on any atom is -0.324 e. The van der Waals surface area contributed by atoms with Crippen LogP contribution < -0.4 is 10.6 Å². The lowest BCUT2D eigenvalue weighted by Crippen LogP contribution is -2.48. The third-order valence-electron chi connectivity index (χ3n) is 6.12. The van der Waals surface area contributed by atoms with E-state index in [1.807, 2.05) is 54.6 Å². The van der Waals surface area contributed by atoms with Gasteiger partial charge >= 0.3 is 0 Å². The largest absolute Gasteiger partial charge is 0.324 e. The highest BCUT2D eigenvalue weighted by Gasteiger charge is 2.66. The van der Waals surface area contributed by atoms with E-state index in [4.69, 9.17) is 11.6 Å². The number of hydrogen-bond acceptors (Lipinski definition) is 4. The first-order valence-electron chi connectivity index (χ1n) is 9.65. The molecule has 0 aliphatic carbocycles. The first-order valence-corrected chi connectivity index (χ1v) is 10.0. The van der Waals surface area contributed by atoms with Gasteiger partial charge in [-0.2, -0.15) is 0 Å². The first kappa shape index (κ1) is 18.8. The molecule has 1 spiro atoms. The average Bonchev–Trinajstić information content (AvgIpc) is 3.26. The normalized spacial score (nSPS) is 27.1. The van der Waals surface area contributed by atoms with Crippen molar-refractivity contribution >= 4 is 23.2 Å². The summed E-state index contributed by atoms with van der Waals surface area (Å²) >= 11 is 6.07. The molecule has 0 aromatic heterocycles. The van der Waals surface area contributed by atoms with Gasteiger partial charge in [-0.05, 0) is 29.3 Å². The highest BCUT2D eigenvalue weighted by molar-refractivity contribution is 6.30. The summed E-state index contributed by atoms with van der Waals surface area (Å²) in [5.41, 5.74) is 1.60. The molecule has 2 aliphatic rings. The molecule has 5 rings (SSSR count). The molecular formula is C23H18ClN3O3. The van der Waals surface area contributed by atoms with E-state index in [1.165, 1.54) is 0 Å². The molecule has 4 atom stereocenters. The van der Waals surface area contributed by atoms with Crippen molar-refractivity contribution in [3.05, 3.63) is 111 Å². The van der Waals surface area contributed by atoms with Crippen LogP contribution in [0.2, 0.25) is 5.02 Å². The first-order chi connectivity index (χ1) is 14.5. The molecule has 2 heterocycles. The predicted octanol–water partition coefficient (Wildman–Crippen LogP) is 4.26. The molecule has 0 bridgehead atoms. The fourth-order valence-electron chi connectivity index (χ4n) is 4.90. The van der Waals surface area contributed by atoms with Gasteiger partial charge in [0.05, 0.1) is 5.92 Å². The summed E-state index contributed by atoms with van der Waals surface area (Å²) in [6.45, 7) is 0. The van der Waals surface area contributed by atoms with Crippen molar-refractivity contribution in [2.24, 2.45) is 0 Å². The van der Waals surface area contributed by atoms with E-state index in [0.29, 0.717) is 16.3 Å². The van der Waals surface area contributed by atoms with Crippen molar-refractivity contribution in [1.82, 2.24) is 5.32 Å². The Balaban J connectivity index is 1.77.